The lowest BCUT2D eigenvalue weighted by Crippen LogP contribution is -2.35. The molecular formula is C16H24F3N3O2. The van der Waals surface area contributed by atoms with Gasteiger partial charge in [-0.15, -0.1) is 0 Å². The van der Waals surface area contributed by atoms with Crippen LogP contribution in [0.5, 0.6) is 0 Å². The minimum absolute atomic E-state index is 0.0224. The minimum atomic E-state index is -4.62. The van der Waals surface area contributed by atoms with Gasteiger partial charge in [-0.2, -0.15) is 13.2 Å². The molecule has 1 atom stereocenters. The number of rotatable bonds is 7. The Kier molecular flexibility index (Phi) is 6.59. The van der Waals surface area contributed by atoms with Gasteiger partial charge in [-0.3, -0.25) is 9.59 Å². The van der Waals surface area contributed by atoms with Crippen LogP contribution in [0, 0.1) is 5.92 Å². The van der Waals surface area contributed by atoms with Crippen LogP contribution in [0.1, 0.15) is 37.4 Å². The van der Waals surface area contributed by atoms with Crippen LogP contribution in [0.4, 0.5) is 13.2 Å². The average molecular weight is 347 g/mol. The third-order valence-electron chi connectivity index (χ3n) is 3.66. The molecule has 0 unspecified atom stereocenters. The van der Waals surface area contributed by atoms with Gasteiger partial charge in [0.2, 0.25) is 5.91 Å². The lowest BCUT2D eigenvalue weighted by Gasteiger charge is -2.22. The van der Waals surface area contributed by atoms with E-state index in [9.17, 15) is 22.8 Å². The molecule has 0 saturated heterocycles. The van der Waals surface area contributed by atoms with E-state index in [0.717, 1.165) is 10.8 Å². The molecule has 24 heavy (non-hydrogen) atoms. The number of likely N-dealkylation sites (N-methyl/N-ethyl adjacent to an activating group) is 1. The monoisotopic (exact) mass is 347 g/mol. The molecule has 8 heteroatoms. The highest BCUT2D eigenvalue weighted by Gasteiger charge is 2.35. The van der Waals surface area contributed by atoms with Crippen LogP contribution in [0.3, 0.4) is 0 Å². The van der Waals surface area contributed by atoms with Gasteiger partial charge < -0.3 is 15.2 Å². The fraction of sp³-hybridized carbons (Fsp3) is 0.625. The van der Waals surface area contributed by atoms with Crippen LogP contribution >= 0.6 is 0 Å². The smallest absolute Gasteiger partial charge is 0.368 e. The maximum absolute atomic E-state index is 13.2. The van der Waals surface area contributed by atoms with E-state index in [-0.39, 0.29) is 24.3 Å². The molecule has 0 aliphatic carbocycles. The van der Waals surface area contributed by atoms with Gasteiger partial charge in [0, 0.05) is 18.8 Å². The summed E-state index contributed by atoms with van der Waals surface area (Å²) in [5.74, 6) is -0.675. The van der Waals surface area contributed by atoms with Crippen molar-refractivity contribution in [2.24, 2.45) is 11.7 Å². The van der Waals surface area contributed by atoms with E-state index in [1.165, 1.54) is 0 Å². The number of primary amides is 1. The van der Waals surface area contributed by atoms with Gasteiger partial charge in [-0.1, -0.05) is 13.8 Å². The van der Waals surface area contributed by atoms with Crippen LogP contribution in [-0.4, -0.2) is 36.0 Å². The molecular weight excluding hydrogens is 323 g/mol. The van der Waals surface area contributed by atoms with E-state index in [0.29, 0.717) is 12.6 Å². The average Bonchev–Trinajstić information content (AvgIpc) is 2.41. The van der Waals surface area contributed by atoms with Crippen molar-refractivity contribution in [3.05, 3.63) is 33.7 Å². The Labute approximate surface area is 139 Å². The first-order valence-electron chi connectivity index (χ1n) is 7.69. The van der Waals surface area contributed by atoms with E-state index in [1.807, 2.05) is 13.8 Å². The summed E-state index contributed by atoms with van der Waals surface area (Å²) in [6.07, 6.45) is -3.10. The first-order valence-corrected chi connectivity index (χ1v) is 7.69. The molecule has 5 nitrogen and oxygen atoms in total. The zero-order valence-corrected chi connectivity index (χ0v) is 14.4. The van der Waals surface area contributed by atoms with Crippen LogP contribution < -0.4 is 11.3 Å². The van der Waals surface area contributed by atoms with Crippen molar-refractivity contribution >= 4 is 5.91 Å². The summed E-state index contributed by atoms with van der Waals surface area (Å²) >= 11 is 0. The summed E-state index contributed by atoms with van der Waals surface area (Å²) < 4.78 is 40.6. The molecule has 136 valence electrons. The SMILES string of the molecule is CC(C)C[C@@H](C(N)=O)n1cc(CCN(C)C)c(C(F)(F)F)cc1=O. The maximum atomic E-state index is 13.2. The molecule has 0 spiro atoms. The maximum Gasteiger partial charge on any atom is 0.416 e. The van der Waals surface area contributed by atoms with Crippen molar-refractivity contribution in [1.29, 1.82) is 0 Å². The summed E-state index contributed by atoms with van der Waals surface area (Å²) in [6.45, 7) is 4.07. The number of nitrogens with zero attached hydrogens (tertiary/aromatic N) is 2. The summed E-state index contributed by atoms with van der Waals surface area (Å²) in [7, 11) is 3.49. The van der Waals surface area contributed by atoms with Crippen LogP contribution in [0.25, 0.3) is 0 Å². The van der Waals surface area contributed by atoms with E-state index in [4.69, 9.17) is 5.73 Å². The van der Waals surface area contributed by atoms with E-state index < -0.39 is 29.2 Å². The first kappa shape index (κ1) is 20.2. The van der Waals surface area contributed by atoms with E-state index in [2.05, 4.69) is 0 Å². The number of pyridine rings is 1. The highest BCUT2D eigenvalue weighted by molar-refractivity contribution is 5.78. The summed E-state index contributed by atoms with van der Waals surface area (Å²) in [4.78, 5) is 25.6. The predicted molar refractivity (Wildman–Crippen MR) is 85.6 cm³/mol. The van der Waals surface area contributed by atoms with Crippen molar-refractivity contribution < 1.29 is 18.0 Å². The fourth-order valence-corrected chi connectivity index (χ4v) is 2.46. The molecule has 0 radical (unpaired) electrons. The molecule has 2 N–H and O–H groups in total. The fourth-order valence-electron chi connectivity index (χ4n) is 2.46. The summed E-state index contributed by atoms with van der Waals surface area (Å²) in [5, 5.41) is 0. The third kappa shape index (κ3) is 5.36. The van der Waals surface area contributed by atoms with Gasteiger partial charge in [-0.25, -0.2) is 0 Å². The van der Waals surface area contributed by atoms with Gasteiger partial charge in [0.25, 0.3) is 5.56 Å². The Morgan fingerprint density at radius 2 is 1.92 bits per heavy atom. The number of hydrogen-bond acceptors (Lipinski definition) is 3. The van der Waals surface area contributed by atoms with Crippen molar-refractivity contribution in [3.63, 3.8) is 0 Å². The topological polar surface area (TPSA) is 68.3 Å². The van der Waals surface area contributed by atoms with E-state index in [1.54, 1.807) is 19.0 Å². The number of carbonyl (C=O) groups is 1. The lowest BCUT2D eigenvalue weighted by molar-refractivity contribution is -0.138. The second kappa shape index (κ2) is 7.83. The number of nitrogens with two attached hydrogens (primary N) is 1. The Hall–Kier alpha value is -1.83. The number of carbonyl (C=O) groups excluding carboxylic acids is 1. The highest BCUT2D eigenvalue weighted by atomic mass is 19.4. The molecule has 0 fully saturated rings. The quantitative estimate of drug-likeness (QED) is 0.821. The molecule has 1 aromatic heterocycles. The zero-order chi connectivity index (χ0) is 18.7. The van der Waals surface area contributed by atoms with Crippen molar-refractivity contribution in [1.82, 2.24) is 9.47 Å². The van der Waals surface area contributed by atoms with Gasteiger partial charge in [0.1, 0.15) is 6.04 Å². The molecule has 0 aliphatic rings. The molecule has 1 aromatic rings. The highest BCUT2D eigenvalue weighted by Crippen LogP contribution is 2.32. The summed E-state index contributed by atoms with van der Waals surface area (Å²) in [6, 6.07) is -0.403. The predicted octanol–water partition coefficient (Wildman–Crippen LogP) is 2.04. The molecule has 0 bridgehead atoms. The van der Waals surface area contributed by atoms with Gasteiger partial charge in [0.15, 0.2) is 0 Å². The zero-order valence-electron chi connectivity index (χ0n) is 14.4. The Morgan fingerprint density at radius 1 is 1.33 bits per heavy atom. The molecule has 1 amide bonds. The van der Waals surface area contributed by atoms with Gasteiger partial charge in [0.05, 0.1) is 5.56 Å². The second-order valence-electron chi connectivity index (χ2n) is 6.56. The molecule has 0 saturated carbocycles. The van der Waals surface area contributed by atoms with Gasteiger partial charge >= 0.3 is 6.18 Å². The van der Waals surface area contributed by atoms with Crippen LogP contribution in [0.15, 0.2) is 17.1 Å². The lowest BCUT2D eigenvalue weighted by atomic mass is 10.0. The largest absolute Gasteiger partial charge is 0.416 e. The Balaban J connectivity index is 3.44. The van der Waals surface area contributed by atoms with Crippen molar-refractivity contribution in [2.75, 3.05) is 20.6 Å². The number of halogens is 3. The van der Waals surface area contributed by atoms with Gasteiger partial charge in [-0.05, 0) is 38.4 Å². The molecule has 0 aromatic carbocycles. The van der Waals surface area contributed by atoms with E-state index >= 15 is 0 Å². The number of amides is 1. The van der Waals surface area contributed by atoms with Crippen molar-refractivity contribution in [2.45, 2.75) is 38.9 Å². The number of alkyl halides is 3. The standard InChI is InChI=1S/C16H24F3N3O2/c1-10(2)7-13(15(20)24)22-9-11(5-6-21(3)4)12(8-14(22)23)16(17,18)19/h8-10,13H,5-7H2,1-4H3,(H2,20,24)/t13-/m0/s1. The molecule has 1 heterocycles. The molecule has 0 aliphatic heterocycles. The van der Waals surface area contributed by atoms with Crippen LogP contribution in [-0.2, 0) is 17.4 Å². The second-order valence-corrected chi connectivity index (χ2v) is 6.56. The first-order chi connectivity index (χ1) is 10.9. The third-order valence-corrected chi connectivity index (χ3v) is 3.66. The number of aromatic nitrogens is 1. The Morgan fingerprint density at radius 3 is 2.33 bits per heavy atom. The number of hydrogen-bond donors (Lipinski definition) is 1. The summed E-state index contributed by atoms with van der Waals surface area (Å²) in [5.41, 5.74) is 3.50. The minimum Gasteiger partial charge on any atom is -0.368 e. The molecule has 1 rings (SSSR count). The normalized spacial score (nSPS) is 13.5. The van der Waals surface area contributed by atoms with Crippen molar-refractivity contribution in [3.8, 4) is 0 Å². The Bertz CT molecular complexity index is 636. The van der Waals surface area contributed by atoms with Crippen LogP contribution in [0.2, 0.25) is 0 Å².